The largest absolute Gasteiger partial charge is 0.353 e. The molecule has 3 fully saturated rings. The highest BCUT2D eigenvalue weighted by Gasteiger charge is 2.30. The summed E-state index contributed by atoms with van der Waals surface area (Å²) in [6.45, 7) is 3.99. The Labute approximate surface area is 191 Å². The molecule has 0 aromatic heterocycles. The highest BCUT2D eigenvalue weighted by molar-refractivity contribution is 14.0. The number of carbonyl (C=O) groups excluding carboxylic acids is 2. The molecule has 2 aliphatic carbocycles. The summed E-state index contributed by atoms with van der Waals surface area (Å²) in [5.74, 6) is 1.40. The fourth-order valence-corrected chi connectivity index (χ4v) is 3.93. The van der Waals surface area contributed by atoms with Gasteiger partial charge in [0.1, 0.15) is 6.54 Å². The van der Waals surface area contributed by atoms with Crippen LogP contribution in [0, 0.1) is 5.92 Å². The minimum absolute atomic E-state index is 0. The Morgan fingerprint density at radius 3 is 2.34 bits per heavy atom. The van der Waals surface area contributed by atoms with Crippen LogP contribution in [0.25, 0.3) is 0 Å². The molecule has 0 spiro atoms. The van der Waals surface area contributed by atoms with Crippen molar-refractivity contribution in [1.29, 1.82) is 0 Å². The maximum Gasteiger partial charge on any atom is 0.315 e. The molecule has 3 unspecified atom stereocenters. The molecule has 1 aliphatic heterocycles. The van der Waals surface area contributed by atoms with Gasteiger partial charge in [-0.15, -0.1) is 24.0 Å². The van der Waals surface area contributed by atoms with Crippen molar-refractivity contribution in [2.45, 2.75) is 70.0 Å². The molecule has 2 saturated carbocycles. The Kier molecular flexibility index (Phi) is 9.29. The number of guanidine groups is 1. The third-order valence-electron chi connectivity index (χ3n) is 6.02. The molecule has 29 heavy (non-hydrogen) atoms. The molecule has 0 bridgehead atoms. The van der Waals surface area contributed by atoms with Gasteiger partial charge in [0.15, 0.2) is 5.96 Å². The topological polar surface area (TPSA) is 89.1 Å². The number of hydrogen-bond acceptors (Lipinski definition) is 3. The Morgan fingerprint density at radius 1 is 1.00 bits per heavy atom. The molecular weight excluding hydrogens is 483 g/mol. The van der Waals surface area contributed by atoms with Crippen molar-refractivity contribution in [3.05, 3.63) is 0 Å². The van der Waals surface area contributed by atoms with Crippen molar-refractivity contribution in [1.82, 2.24) is 25.8 Å². The van der Waals surface area contributed by atoms with Gasteiger partial charge < -0.3 is 25.8 Å². The summed E-state index contributed by atoms with van der Waals surface area (Å²) in [4.78, 5) is 32.5. The van der Waals surface area contributed by atoms with E-state index >= 15 is 0 Å². The van der Waals surface area contributed by atoms with E-state index in [1.165, 1.54) is 19.3 Å². The van der Waals surface area contributed by atoms with Crippen LogP contribution in [0.15, 0.2) is 4.99 Å². The molecule has 0 radical (unpaired) electrons. The van der Waals surface area contributed by atoms with Gasteiger partial charge in [0.25, 0.3) is 0 Å². The molecule has 166 valence electrons. The van der Waals surface area contributed by atoms with E-state index < -0.39 is 0 Å². The molecule has 3 aliphatic rings. The Morgan fingerprint density at radius 2 is 1.69 bits per heavy atom. The second kappa shape index (κ2) is 11.2. The predicted octanol–water partition coefficient (Wildman–Crippen LogP) is 1.75. The molecule has 9 heteroatoms. The highest BCUT2D eigenvalue weighted by atomic mass is 127. The summed E-state index contributed by atoms with van der Waals surface area (Å²) in [5.41, 5.74) is 0. The first-order valence-electron chi connectivity index (χ1n) is 10.8. The fraction of sp³-hybridized carbons (Fsp3) is 0.850. The quantitative estimate of drug-likeness (QED) is 0.293. The predicted molar refractivity (Wildman–Crippen MR) is 126 cm³/mol. The van der Waals surface area contributed by atoms with Gasteiger partial charge in [-0.25, -0.2) is 9.79 Å². The first-order chi connectivity index (χ1) is 13.4. The number of urea groups is 1. The first kappa shape index (κ1) is 24.0. The molecule has 3 atom stereocenters. The molecule has 3 N–H and O–H groups in total. The van der Waals surface area contributed by atoms with E-state index in [0.717, 1.165) is 44.7 Å². The number of likely N-dealkylation sites (N-methyl/N-ethyl adjacent to an activating group) is 1. The smallest absolute Gasteiger partial charge is 0.315 e. The van der Waals surface area contributed by atoms with Crippen LogP contribution < -0.4 is 16.0 Å². The lowest BCUT2D eigenvalue weighted by atomic mass is 9.86. The molecule has 3 rings (SSSR count). The van der Waals surface area contributed by atoms with Crippen LogP contribution in [0.4, 0.5) is 4.79 Å². The standard InChI is InChI=1S/C20H36N6O2.HI/c1-14-6-4-5-7-17(14)24-19(21-12-18(27)25(2)3)26-11-10-16(13-26)23-20(28)22-15-8-9-15;/h14-17H,4-13H2,1-3H3,(H,21,24)(H2,22,23,28);1H. The molecule has 3 amide bonds. The normalized spacial score (nSPS) is 27.1. The van der Waals surface area contributed by atoms with Crippen LogP contribution in [-0.2, 0) is 4.79 Å². The van der Waals surface area contributed by atoms with Gasteiger partial charge in [-0.1, -0.05) is 19.8 Å². The lowest BCUT2D eigenvalue weighted by molar-refractivity contribution is -0.127. The summed E-state index contributed by atoms with van der Waals surface area (Å²) in [6.07, 6.45) is 7.96. The average Bonchev–Trinajstić information content (AvgIpc) is 3.35. The van der Waals surface area contributed by atoms with Crippen molar-refractivity contribution in [3.63, 3.8) is 0 Å². The van der Waals surface area contributed by atoms with Gasteiger partial charge in [-0.2, -0.15) is 0 Å². The average molecular weight is 520 g/mol. The number of aliphatic imine (C=N–C) groups is 1. The second-order valence-electron chi connectivity index (χ2n) is 8.76. The van der Waals surface area contributed by atoms with Crippen LogP contribution in [-0.4, -0.2) is 79.6 Å². The van der Waals surface area contributed by atoms with E-state index in [0.29, 0.717) is 18.0 Å². The Balaban J connectivity index is 0.00000300. The van der Waals surface area contributed by atoms with Crippen LogP contribution in [0.5, 0.6) is 0 Å². The van der Waals surface area contributed by atoms with Crippen LogP contribution >= 0.6 is 24.0 Å². The zero-order chi connectivity index (χ0) is 20.1. The third-order valence-corrected chi connectivity index (χ3v) is 6.02. The lowest BCUT2D eigenvalue weighted by Gasteiger charge is -2.33. The third kappa shape index (κ3) is 7.49. The monoisotopic (exact) mass is 520 g/mol. The molecule has 0 aromatic carbocycles. The Hall–Kier alpha value is -1.26. The summed E-state index contributed by atoms with van der Waals surface area (Å²) in [7, 11) is 3.50. The van der Waals surface area contributed by atoms with Gasteiger partial charge in [0, 0.05) is 45.3 Å². The van der Waals surface area contributed by atoms with E-state index in [1.807, 2.05) is 0 Å². The fourth-order valence-electron chi connectivity index (χ4n) is 3.93. The van der Waals surface area contributed by atoms with Crippen LogP contribution in [0.3, 0.4) is 0 Å². The minimum Gasteiger partial charge on any atom is -0.353 e. The van der Waals surface area contributed by atoms with E-state index in [2.05, 4.69) is 32.8 Å². The number of nitrogens with zero attached hydrogens (tertiary/aromatic N) is 3. The number of carbonyl (C=O) groups is 2. The number of halogens is 1. The van der Waals surface area contributed by atoms with Gasteiger partial charge in [-0.3, -0.25) is 4.79 Å². The number of likely N-dealkylation sites (tertiary alicyclic amines) is 1. The summed E-state index contributed by atoms with van der Waals surface area (Å²) >= 11 is 0. The maximum atomic E-state index is 12.0. The lowest BCUT2D eigenvalue weighted by Crippen LogP contribution is -2.50. The van der Waals surface area contributed by atoms with E-state index in [1.54, 1.807) is 19.0 Å². The molecular formula is C20H37IN6O2. The zero-order valence-corrected chi connectivity index (χ0v) is 20.3. The molecule has 0 aromatic rings. The van der Waals surface area contributed by atoms with Crippen molar-refractivity contribution >= 4 is 41.9 Å². The highest BCUT2D eigenvalue weighted by Crippen LogP contribution is 2.24. The van der Waals surface area contributed by atoms with E-state index in [4.69, 9.17) is 0 Å². The SMILES string of the molecule is CC1CCCCC1NC(=NCC(=O)N(C)C)N1CCC(NC(=O)NC2CC2)C1.I. The second-order valence-corrected chi connectivity index (χ2v) is 8.76. The van der Waals surface area contributed by atoms with Crippen molar-refractivity contribution in [2.24, 2.45) is 10.9 Å². The van der Waals surface area contributed by atoms with Gasteiger partial charge >= 0.3 is 6.03 Å². The van der Waals surface area contributed by atoms with Crippen molar-refractivity contribution in [3.8, 4) is 0 Å². The van der Waals surface area contributed by atoms with Crippen LogP contribution in [0.2, 0.25) is 0 Å². The zero-order valence-electron chi connectivity index (χ0n) is 17.9. The molecule has 1 saturated heterocycles. The minimum atomic E-state index is -0.0653. The summed E-state index contributed by atoms with van der Waals surface area (Å²) in [6, 6.07) is 0.803. The summed E-state index contributed by atoms with van der Waals surface area (Å²) in [5, 5.41) is 9.70. The summed E-state index contributed by atoms with van der Waals surface area (Å²) < 4.78 is 0. The number of hydrogen-bond donors (Lipinski definition) is 3. The number of amides is 3. The van der Waals surface area contributed by atoms with Crippen LogP contribution in [0.1, 0.15) is 51.9 Å². The van der Waals surface area contributed by atoms with Gasteiger partial charge in [0.2, 0.25) is 5.91 Å². The number of rotatable bonds is 5. The van der Waals surface area contributed by atoms with E-state index in [-0.39, 0.29) is 48.5 Å². The van der Waals surface area contributed by atoms with Crippen molar-refractivity contribution < 1.29 is 9.59 Å². The Bertz CT molecular complexity index is 596. The first-order valence-corrected chi connectivity index (χ1v) is 10.8. The van der Waals surface area contributed by atoms with Gasteiger partial charge in [-0.05, 0) is 38.0 Å². The van der Waals surface area contributed by atoms with E-state index in [9.17, 15) is 9.59 Å². The maximum absolute atomic E-state index is 12.0. The number of nitrogens with one attached hydrogen (secondary N) is 3. The van der Waals surface area contributed by atoms with Gasteiger partial charge in [0.05, 0.1) is 0 Å². The molecule has 1 heterocycles. The molecule has 8 nitrogen and oxygen atoms in total. The van der Waals surface area contributed by atoms with Crippen molar-refractivity contribution in [2.75, 3.05) is 33.7 Å².